The topological polar surface area (TPSA) is 52.3 Å². The molecule has 2 N–H and O–H groups in total. The second kappa shape index (κ2) is 10.2. The number of thiophene rings is 1. The number of fused-ring (bicyclic) bond motifs is 1. The molecule has 7 heteroatoms. The minimum Gasteiger partial charge on any atom is -0.489 e. The highest BCUT2D eigenvalue weighted by atomic mass is 32.1. The second-order valence-electron chi connectivity index (χ2n) is 8.00. The van der Waals surface area contributed by atoms with Crippen LogP contribution in [-0.2, 0) is 17.6 Å². The zero-order chi connectivity index (χ0) is 25.0. The average molecular weight is 494 g/mol. The maximum Gasteiger partial charge on any atom is 0.417 e. The summed E-state index contributed by atoms with van der Waals surface area (Å²) < 4.78 is 47.5. The summed E-state index contributed by atoms with van der Waals surface area (Å²) in [6.45, 7) is 1.97. The Kier molecular flexibility index (Phi) is 7.13. The number of hydrogen-bond acceptors (Lipinski definition) is 3. The lowest BCUT2D eigenvalue weighted by Gasteiger charge is -2.13. The third-order valence-electron chi connectivity index (χ3n) is 5.57. The lowest BCUT2D eigenvalue weighted by Crippen LogP contribution is -2.14. The van der Waals surface area contributed by atoms with Crippen molar-refractivity contribution in [2.75, 3.05) is 0 Å². The van der Waals surface area contributed by atoms with Crippen LogP contribution < -0.4 is 10.5 Å². The van der Waals surface area contributed by atoms with Gasteiger partial charge in [0.05, 0.1) is 11.5 Å². The molecule has 0 saturated heterocycles. The molecular weight excluding hydrogens is 471 g/mol. The summed E-state index contributed by atoms with van der Waals surface area (Å²) in [5.41, 5.74) is 7.12. The molecule has 4 aromatic rings. The summed E-state index contributed by atoms with van der Waals surface area (Å²) in [4.78, 5) is 11.3. The van der Waals surface area contributed by atoms with Gasteiger partial charge in [0, 0.05) is 22.1 Å². The summed E-state index contributed by atoms with van der Waals surface area (Å²) in [7, 11) is 0. The number of carbonyl (C=O) groups excluding carboxylic acids is 1. The Morgan fingerprint density at radius 1 is 1.06 bits per heavy atom. The summed E-state index contributed by atoms with van der Waals surface area (Å²) in [6.07, 6.45) is -4.29. The van der Waals surface area contributed by atoms with Gasteiger partial charge in [0.25, 0.3) is 0 Å². The lowest BCUT2D eigenvalue weighted by molar-refractivity contribution is -0.137. The molecular formula is C28H22F3NO2S. The molecule has 0 saturated carbocycles. The first-order valence-electron chi connectivity index (χ1n) is 10.9. The average Bonchev–Trinajstić information content (AvgIpc) is 3.25. The normalized spacial score (nSPS) is 12.1. The number of hydrogen-bond donors (Lipinski definition) is 1. The van der Waals surface area contributed by atoms with Crippen molar-refractivity contribution in [3.8, 4) is 28.7 Å². The molecule has 3 aromatic carbocycles. The van der Waals surface area contributed by atoms with Gasteiger partial charge in [-0.15, -0.1) is 17.3 Å². The van der Waals surface area contributed by atoms with Crippen molar-refractivity contribution in [2.24, 2.45) is 5.73 Å². The van der Waals surface area contributed by atoms with Crippen LogP contribution in [0.1, 0.15) is 36.0 Å². The van der Waals surface area contributed by atoms with Gasteiger partial charge < -0.3 is 10.5 Å². The van der Waals surface area contributed by atoms with E-state index in [9.17, 15) is 18.0 Å². The van der Waals surface area contributed by atoms with Crippen LogP contribution in [0.25, 0.3) is 21.2 Å². The number of nitrogens with two attached hydrogens (primary N) is 1. The predicted molar refractivity (Wildman–Crippen MR) is 133 cm³/mol. The first-order chi connectivity index (χ1) is 16.8. The van der Waals surface area contributed by atoms with Crippen LogP contribution in [0.15, 0.2) is 72.1 Å². The minimum atomic E-state index is -4.43. The van der Waals surface area contributed by atoms with E-state index in [1.54, 1.807) is 30.5 Å². The van der Waals surface area contributed by atoms with E-state index < -0.39 is 17.6 Å². The number of amides is 1. The van der Waals surface area contributed by atoms with Crippen LogP contribution in [0.3, 0.4) is 0 Å². The maximum absolute atomic E-state index is 13.6. The zero-order valence-electron chi connectivity index (χ0n) is 18.9. The van der Waals surface area contributed by atoms with Gasteiger partial charge in [-0.05, 0) is 59.3 Å². The fourth-order valence-electron chi connectivity index (χ4n) is 3.93. The van der Waals surface area contributed by atoms with E-state index in [-0.39, 0.29) is 24.5 Å². The summed E-state index contributed by atoms with van der Waals surface area (Å²) >= 11 is 1.41. The van der Waals surface area contributed by atoms with Crippen LogP contribution in [0.5, 0.6) is 5.75 Å². The zero-order valence-corrected chi connectivity index (χ0v) is 19.7. The van der Waals surface area contributed by atoms with E-state index in [0.717, 1.165) is 27.3 Å². The van der Waals surface area contributed by atoms with Gasteiger partial charge in [-0.3, -0.25) is 4.79 Å². The summed E-state index contributed by atoms with van der Waals surface area (Å²) in [5, 5.41) is 2.52. The highest BCUT2D eigenvalue weighted by molar-refractivity contribution is 7.17. The molecule has 178 valence electrons. The van der Waals surface area contributed by atoms with E-state index in [1.165, 1.54) is 23.5 Å². The van der Waals surface area contributed by atoms with Gasteiger partial charge in [0.2, 0.25) is 5.91 Å². The number of carbonyl (C=O) groups is 1. The van der Waals surface area contributed by atoms with Crippen molar-refractivity contribution in [3.05, 3.63) is 88.8 Å². The highest BCUT2D eigenvalue weighted by Crippen LogP contribution is 2.41. The molecule has 0 unspecified atom stereocenters. The first kappa shape index (κ1) is 24.4. The van der Waals surface area contributed by atoms with Crippen molar-refractivity contribution in [2.45, 2.75) is 32.0 Å². The van der Waals surface area contributed by atoms with Crippen LogP contribution in [0.4, 0.5) is 13.2 Å². The Morgan fingerprint density at radius 3 is 2.49 bits per heavy atom. The Bertz CT molecular complexity index is 1410. The smallest absolute Gasteiger partial charge is 0.417 e. The van der Waals surface area contributed by atoms with Gasteiger partial charge in [0.1, 0.15) is 12.4 Å². The highest BCUT2D eigenvalue weighted by Gasteiger charge is 2.33. The Balaban J connectivity index is 1.55. The molecule has 0 fully saturated rings. The van der Waals surface area contributed by atoms with Crippen molar-refractivity contribution in [3.63, 3.8) is 0 Å². The monoisotopic (exact) mass is 493 g/mol. The van der Waals surface area contributed by atoms with Gasteiger partial charge in [-0.25, -0.2) is 0 Å². The quantitative estimate of drug-likeness (QED) is 0.278. The number of halogens is 3. The lowest BCUT2D eigenvalue weighted by atomic mass is 9.96. The molecule has 0 aliphatic carbocycles. The molecule has 1 atom stereocenters. The van der Waals surface area contributed by atoms with Crippen LogP contribution >= 0.6 is 11.3 Å². The molecule has 0 aliphatic heterocycles. The van der Waals surface area contributed by atoms with Crippen LogP contribution in [0, 0.1) is 11.8 Å². The molecule has 1 heterocycles. The van der Waals surface area contributed by atoms with E-state index in [2.05, 4.69) is 11.8 Å². The third-order valence-corrected chi connectivity index (χ3v) is 6.54. The second-order valence-corrected chi connectivity index (χ2v) is 8.91. The number of ether oxygens (including phenoxy) is 1. The molecule has 3 nitrogen and oxygen atoms in total. The van der Waals surface area contributed by atoms with Crippen molar-refractivity contribution in [1.82, 2.24) is 0 Å². The third kappa shape index (κ3) is 5.67. The molecule has 0 spiro atoms. The standard InChI is InChI=1S/C28H22F3NO2S/c1-2-5-20(15-27(32)33)19-9-11-21(12-10-19)34-16-18-8-13-26-23(14-18)24(17-35-26)22-6-3-4-7-25(22)28(29,30)31/h3-4,6-14,17,20H,15-16H2,1H3,(H2,32,33)/t20-/m0/s1. The van der Waals surface area contributed by atoms with Gasteiger partial charge >= 0.3 is 6.18 Å². The minimum absolute atomic E-state index is 0.140. The largest absolute Gasteiger partial charge is 0.489 e. The van der Waals surface area contributed by atoms with Crippen molar-refractivity contribution in [1.29, 1.82) is 0 Å². The molecule has 1 aromatic heterocycles. The predicted octanol–water partition coefficient (Wildman–Crippen LogP) is 7.15. The summed E-state index contributed by atoms with van der Waals surface area (Å²) in [5.74, 6) is 5.75. The fraction of sp³-hybridized carbons (Fsp3) is 0.179. The van der Waals surface area contributed by atoms with Gasteiger partial charge in [0.15, 0.2) is 0 Å². The van der Waals surface area contributed by atoms with E-state index in [1.807, 2.05) is 30.3 Å². The number of alkyl halides is 3. The van der Waals surface area contributed by atoms with E-state index in [0.29, 0.717) is 11.3 Å². The molecule has 4 rings (SSSR count). The Labute approximate surface area is 205 Å². The van der Waals surface area contributed by atoms with E-state index >= 15 is 0 Å². The van der Waals surface area contributed by atoms with Gasteiger partial charge in [-0.1, -0.05) is 42.3 Å². The van der Waals surface area contributed by atoms with Crippen LogP contribution in [0.2, 0.25) is 0 Å². The fourth-order valence-corrected chi connectivity index (χ4v) is 4.87. The molecule has 0 radical (unpaired) electrons. The molecule has 1 amide bonds. The van der Waals surface area contributed by atoms with Gasteiger partial charge in [-0.2, -0.15) is 13.2 Å². The molecule has 0 bridgehead atoms. The SMILES string of the molecule is CC#C[C@@H](CC(N)=O)c1ccc(OCc2ccc3scc(-c4ccccc4C(F)(F)F)c3c2)cc1. The van der Waals surface area contributed by atoms with Crippen LogP contribution in [-0.4, -0.2) is 5.91 Å². The maximum atomic E-state index is 13.6. The Hall–Kier alpha value is -3.76. The van der Waals surface area contributed by atoms with Crippen molar-refractivity contribution >= 4 is 27.3 Å². The number of primary amides is 1. The van der Waals surface area contributed by atoms with E-state index in [4.69, 9.17) is 10.5 Å². The first-order valence-corrected chi connectivity index (χ1v) is 11.7. The molecule has 0 aliphatic rings. The Morgan fingerprint density at radius 2 is 1.80 bits per heavy atom. The number of benzene rings is 3. The van der Waals surface area contributed by atoms with Crippen molar-refractivity contribution < 1.29 is 22.7 Å². The number of rotatable bonds is 7. The molecule has 35 heavy (non-hydrogen) atoms. The summed E-state index contributed by atoms with van der Waals surface area (Å²) in [6, 6.07) is 18.6.